The van der Waals surface area contributed by atoms with Crippen LogP contribution in [0.3, 0.4) is 0 Å². The summed E-state index contributed by atoms with van der Waals surface area (Å²) in [5.74, 6) is 0. The summed E-state index contributed by atoms with van der Waals surface area (Å²) < 4.78 is 39.1. The number of likely N-dealkylation sites (tertiary alicyclic amines) is 1. The van der Waals surface area contributed by atoms with Gasteiger partial charge in [-0.15, -0.1) is 0 Å². The number of carbonyl (C=O) groups excluding carboxylic acids is 1. The van der Waals surface area contributed by atoms with Crippen molar-refractivity contribution in [3.63, 3.8) is 0 Å². The second-order valence-electron chi connectivity index (χ2n) is 8.22. The first-order chi connectivity index (χ1) is 14.3. The summed E-state index contributed by atoms with van der Waals surface area (Å²) in [7, 11) is 2.04. The third-order valence-corrected chi connectivity index (χ3v) is 6.05. The van der Waals surface area contributed by atoms with Crippen molar-refractivity contribution in [1.82, 2.24) is 15.1 Å². The van der Waals surface area contributed by atoms with E-state index in [9.17, 15) is 18.0 Å². The summed E-state index contributed by atoms with van der Waals surface area (Å²) in [6.07, 6.45) is -1.68. The molecule has 2 aliphatic rings. The summed E-state index contributed by atoms with van der Waals surface area (Å²) in [5.41, 5.74) is 2.10. The third kappa shape index (κ3) is 4.31. The van der Waals surface area contributed by atoms with Crippen LogP contribution in [0.2, 0.25) is 0 Å². The second kappa shape index (κ2) is 8.30. The van der Waals surface area contributed by atoms with Gasteiger partial charge in [-0.1, -0.05) is 36.4 Å². The van der Waals surface area contributed by atoms with Crippen LogP contribution in [0, 0.1) is 0 Å². The molecule has 0 bridgehead atoms. The summed E-state index contributed by atoms with van der Waals surface area (Å²) >= 11 is 0. The molecule has 1 unspecified atom stereocenters. The monoisotopic (exact) mass is 417 g/mol. The highest BCUT2D eigenvalue weighted by molar-refractivity contribution is 5.76. The van der Waals surface area contributed by atoms with E-state index in [0.717, 1.165) is 55.6 Å². The van der Waals surface area contributed by atoms with E-state index >= 15 is 0 Å². The zero-order valence-electron chi connectivity index (χ0n) is 17.0. The Morgan fingerprint density at radius 2 is 1.80 bits per heavy atom. The lowest BCUT2D eigenvalue weighted by Crippen LogP contribution is -2.52. The molecule has 0 aliphatic carbocycles. The summed E-state index contributed by atoms with van der Waals surface area (Å²) in [6.45, 7) is 2.36. The predicted octanol–water partition coefficient (Wildman–Crippen LogP) is 4.46. The first kappa shape index (κ1) is 20.7. The minimum Gasteiger partial charge on any atom is -0.334 e. The fourth-order valence-corrected chi connectivity index (χ4v) is 4.54. The van der Waals surface area contributed by atoms with Crippen molar-refractivity contribution in [2.24, 2.45) is 0 Å². The highest BCUT2D eigenvalue weighted by atomic mass is 19.4. The maximum atomic E-state index is 13.2. The van der Waals surface area contributed by atoms with E-state index in [2.05, 4.69) is 10.2 Å². The van der Waals surface area contributed by atoms with Crippen molar-refractivity contribution >= 4 is 6.03 Å². The van der Waals surface area contributed by atoms with Crippen LogP contribution >= 0.6 is 0 Å². The first-order valence-corrected chi connectivity index (χ1v) is 10.3. The summed E-state index contributed by atoms with van der Waals surface area (Å²) in [6, 6.07) is 12.5. The molecule has 0 aromatic heterocycles. The zero-order chi connectivity index (χ0) is 21.3. The predicted molar refractivity (Wildman–Crippen MR) is 109 cm³/mol. The normalized spacial score (nSPS) is 22.5. The molecule has 30 heavy (non-hydrogen) atoms. The molecule has 0 spiro atoms. The van der Waals surface area contributed by atoms with Gasteiger partial charge < -0.3 is 15.1 Å². The molecule has 2 aliphatic heterocycles. The molecule has 1 N–H and O–H groups in total. The van der Waals surface area contributed by atoms with Crippen molar-refractivity contribution in [1.29, 1.82) is 0 Å². The number of fused-ring (bicyclic) bond motifs is 1. The van der Waals surface area contributed by atoms with Crippen molar-refractivity contribution in [3.05, 3.63) is 70.8 Å². The van der Waals surface area contributed by atoms with E-state index in [-0.39, 0.29) is 12.1 Å². The number of alkyl halides is 3. The third-order valence-electron chi connectivity index (χ3n) is 6.05. The van der Waals surface area contributed by atoms with Gasteiger partial charge in [0.25, 0.3) is 0 Å². The van der Waals surface area contributed by atoms with Gasteiger partial charge >= 0.3 is 12.2 Å². The van der Waals surface area contributed by atoms with Gasteiger partial charge in [0.2, 0.25) is 0 Å². The molecule has 7 heteroatoms. The number of hydrogen-bond donors (Lipinski definition) is 1. The first-order valence-electron chi connectivity index (χ1n) is 10.3. The number of hydrogen-bond acceptors (Lipinski definition) is 2. The van der Waals surface area contributed by atoms with Crippen molar-refractivity contribution in [2.45, 2.75) is 37.5 Å². The van der Waals surface area contributed by atoms with E-state index in [0.29, 0.717) is 12.1 Å². The minimum absolute atomic E-state index is 0.0849. The number of urea groups is 1. The molecule has 2 amide bonds. The largest absolute Gasteiger partial charge is 0.416 e. The zero-order valence-corrected chi connectivity index (χ0v) is 17.0. The minimum atomic E-state index is -4.38. The van der Waals surface area contributed by atoms with Crippen LogP contribution in [0.1, 0.15) is 41.1 Å². The number of piperidine rings is 1. The Balaban J connectivity index is 1.63. The summed E-state index contributed by atoms with van der Waals surface area (Å²) in [5, 5.41) is 3.15. The molecular weight excluding hydrogens is 391 g/mol. The topological polar surface area (TPSA) is 35.6 Å². The molecule has 2 aromatic carbocycles. The van der Waals surface area contributed by atoms with E-state index in [1.54, 1.807) is 4.90 Å². The molecule has 4 nitrogen and oxygen atoms in total. The van der Waals surface area contributed by atoms with Crippen molar-refractivity contribution < 1.29 is 18.0 Å². The molecule has 0 saturated carbocycles. The lowest BCUT2D eigenvalue weighted by atomic mass is 9.88. The number of likely N-dealkylation sites (N-methyl/N-ethyl adjacent to an activating group) is 1. The van der Waals surface area contributed by atoms with E-state index in [4.69, 9.17) is 0 Å². The molecule has 2 aromatic rings. The maximum absolute atomic E-state index is 13.2. The number of benzene rings is 2. The Morgan fingerprint density at radius 1 is 1.07 bits per heavy atom. The highest BCUT2D eigenvalue weighted by Gasteiger charge is 2.35. The van der Waals surface area contributed by atoms with Crippen LogP contribution < -0.4 is 5.32 Å². The van der Waals surface area contributed by atoms with Gasteiger partial charge in [-0.05, 0) is 61.7 Å². The Kier molecular flexibility index (Phi) is 5.73. The van der Waals surface area contributed by atoms with Crippen molar-refractivity contribution in [2.75, 3.05) is 26.7 Å². The maximum Gasteiger partial charge on any atom is 0.416 e. The van der Waals surface area contributed by atoms with Gasteiger partial charge in [0.15, 0.2) is 0 Å². The van der Waals surface area contributed by atoms with E-state index in [1.807, 2.05) is 31.3 Å². The van der Waals surface area contributed by atoms with Crippen LogP contribution in [-0.2, 0) is 12.6 Å². The molecule has 4 rings (SSSR count). The van der Waals surface area contributed by atoms with Crippen LogP contribution in [-0.4, -0.2) is 48.6 Å². The van der Waals surface area contributed by atoms with Gasteiger partial charge in [0.05, 0.1) is 11.6 Å². The smallest absolute Gasteiger partial charge is 0.334 e. The van der Waals surface area contributed by atoms with Gasteiger partial charge in [-0.25, -0.2) is 4.79 Å². The molecule has 0 radical (unpaired) electrons. The average Bonchev–Trinajstić information content (AvgIpc) is 2.72. The van der Waals surface area contributed by atoms with Crippen LogP contribution in [0.15, 0.2) is 48.5 Å². The number of carbonyl (C=O) groups is 1. The highest BCUT2D eigenvalue weighted by Crippen LogP contribution is 2.37. The second-order valence-corrected chi connectivity index (χ2v) is 8.22. The lowest BCUT2D eigenvalue weighted by molar-refractivity contribution is -0.137. The van der Waals surface area contributed by atoms with Gasteiger partial charge in [0, 0.05) is 19.1 Å². The Labute approximate surface area is 174 Å². The van der Waals surface area contributed by atoms with Crippen molar-refractivity contribution in [3.8, 4) is 0 Å². The number of nitrogens with zero attached hydrogens (tertiary/aromatic N) is 2. The number of amides is 2. The fourth-order valence-electron chi connectivity index (χ4n) is 4.54. The number of halogens is 3. The molecule has 160 valence electrons. The Bertz CT molecular complexity index is 897. The Hall–Kier alpha value is -2.54. The summed E-state index contributed by atoms with van der Waals surface area (Å²) in [4.78, 5) is 17.2. The number of rotatable bonds is 2. The van der Waals surface area contributed by atoms with Crippen LogP contribution in [0.4, 0.5) is 18.0 Å². The quantitative estimate of drug-likeness (QED) is 0.783. The molecule has 1 fully saturated rings. The van der Waals surface area contributed by atoms with E-state index < -0.39 is 17.8 Å². The molecular formula is C23H26F3N3O. The van der Waals surface area contributed by atoms with Gasteiger partial charge in [0.1, 0.15) is 0 Å². The lowest BCUT2D eigenvalue weighted by Gasteiger charge is -2.39. The standard InChI is InChI=1S/C23H26F3N3O/c1-28-13-4-6-19(15-28)27-22(30)29-14-12-16-5-2-3-7-20(16)21(29)17-8-10-18(11-9-17)23(24,25)26/h2-3,5,7-11,19,21H,4,6,12-15H2,1H3,(H,27,30)/t19-,21?/m1/s1. The fraction of sp³-hybridized carbons (Fsp3) is 0.435. The molecule has 2 heterocycles. The SMILES string of the molecule is CN1CCC[C@@H](NC(=O)N2CCc3ccccc3C2c2ccc(C(F)(F)F)cc2)C1. The van der Waals surface area contributed by atoms with Gasteiger partial charge in [-0.2, -0.15) is 13.2 Å². The van der Waals surface area contributed by atoms with E-state index in [1.165, 1.54) is 12.1 Å². The number of nitrogens with one attached hydrogen (secondary N) is 1. The molecule has 1 saturated heterocycles. The van der Waals surface area contributed by atoms with Gasteiger partial charge in [-0.3, -0.25) is 0 Å². The average molecular weight is 417 g/mol. The molecule has 2 atom stereocenters. The Morgan fingerprint density at radius 3 is 2.50 bits per heavy atom. The van der Waals surface area contributed by atoms with Crippen LogP contribution in [0.5, 0.6) is 0 Å². The van der Waals surface area contributed by atoms with Crippen LogP contribution in [0.25, 0.3) is 0 Å².